The zero-order chi connectivity index (χ0) is 23.7. The molecule has 1 heterocycles. The number of carbonyl (C=O) groups is 1. The molecule has 3 aromatic carbocycles. The fourth-order valence-electron chi connectivity index (χ4n) is 4.01. The summed E-state index contributed by atoms with van der Waals surface area (Å²) in [4.78, 5) is 17.1. The Morgan fingerprint density at radius 2 is 1.60 bits per heavy atom. The number of hydrogen-bond donors (Lipinski definition) is 1. The Balaban J connectivity index is 0.00000289. The van der Waals surface area contributed by atoms with E-state index in [9.17, 15) is 4.79 Å². The number of ether oxygens (including phenoxy) is 1. The summed E-state index contributed by atoms with van der Waals surface area (Å²) in [5.41, 5.74) is 5.99. The number of aromatic nitrogens is 2. The monoisotopic (exact) mass is 493 g/mol. The standard InChI is InChI=1S/C28H25ClN3O2.Na/c1-18(24-5-3-4-6-25(24)29)34-28(33)31-27-26(30-17-32(27)2)23-15-13-22(14-16-23)21-11-9-20(10-12-21)19-7-8-19;/h3-6,9-18H,7-8H2,1-2H3,(H,31,33);/q-1;+1/t18-;/m1./s1. The largest absolute Gasteiger partial charge is 1.00 e. The molecule has 4 aromatic rings. The van der Waals surface area contributed by atoms with Crippen molar-refractivity contribution in [3.05, 3.63) is 101 Å². The molecule has 1 amide bonds. The van der Waals surface area contributed by atoms with Crippen molar-refractivity contribution in [2.45, 2.75) is 25.9 Å². The fourth-order valence-corrected chi connectivity index (χ4v) is 4.30. The maximum absolute atomic E-state index is 12.6. The predicted molar refractivity (Wildman–Crippen MR) is 136 cm³/mol. The number of rotatable bonds is 6. The van der Waals surface area contributed by atoms with Gasteiger partial charge in [-0.15, -0.1) is 12.1 Å². The second-order valence-electron chi connectivity index (χ2n) is 8.50. The van der Waals surface area contributed by atoms with E-state index in [-0.39, 0.29) is 29.6 Å². The van der Waals surface area contributed by atoms with Gasteiger partial charge in [-0.25, -0.2) is 9.78 Å². The van der Waals surface area contributed by atoms with Crippen molar-refractivity contribution in [3.63, 3.8) is 0 Å². The van der Waals surface area contributed by atoms with E-state index in [1.165, 1.54) is 29.9 Å². The SMILES string of the molecule is C[C@@H](OC(=O)Nc1c(-c2ccc(-c3ccc([C-]4CC4)cc3)cc2)ncn1C)c1ccccc1Cl.[Na+]. The third kappa shape index (κ3) is 5.76. The number of halogens is 1. The minimum atomic E-state index is -0.567. The molecular formula is C28H25ClN3NaO2. The van der Waals surface area contributed by atoms with Crippen LogP contribution in [0.2, 0.25) is 5.02 Å². The molecule has 1 N–H and O–H groups in total. The number of benzene rings is 3. The number of amides is 1. The second kappa shape index (κ2) is 10.9. The van der Waals surface area contributed by atoms with Gasteiger partial charge in [0.2, 0.25) is 0 Å². The molecule has 1 saturated carbocycles. The van der Waals surface area contributed by atoms with E-state index in [1.54, 1.807) is 23.9 Å². The molecule has 0 saturated heterocycles. The number of imidazole rings is 1. The normalized spacial score (nSPS) is 13.1. The van der Waals surface area contributed by atoms with Crippen molar-refractivity contribution in [1.82, 2.24) is 9.55 Å². The first-order chi connectivity index (χ1) is 16.5. The molecule has 0 bridgehead atoms. The van der Waals surface area contributed by atoms with Crippen LogP contribution in [0.3, 0.4) is 0 Å². The van der Waals surface area contributed by atoms with E-state index in [0.717, 1.165) is 16.7 Å². The summed E-state index contributed by atoms with van der Waals surface area (Å²) >= 11 is 6.23. The van der Waals surface area contributed by atoms with Crippen molar-refractivity contribution in [1.29, 1.82) is 0 Å². The van der Waals surface area contributed by atoms with Crippen LogP contribution in [0, 0.1) is 5.92 Å². The van der Waals surface area contributed by atoms with Gasteiger partial charge in [-0.2, -0.15) is 23.6 Å². The Bertz CT molecular complexity index is 1320. The van der Waals surface area contributed by atoms with E-state index < -0.39 is 12.2 Å². The maximum atomic E-state index is 12.6. The quantitative estimate of drug-likeness (QED) is 0.319. The van der Waals surface area contributed by atoms with Gasteiger partial charge in [0.15, 0.2) is 0 Å². The van der Waals surface area contributed by atoms with E-state index in [0.29, 0.717) is 16.5 Å². The molecular weight excluding hydrogens is 469 g/mol. The summed E-state index contributed by atoms with van der Waals surface area (Å²) in [6, 6.07) is 24.2. The van der Waals surface area contributed by atoms with Gasteiger partial charge in [0.25, 0.3) is 0 Å². The molecule has 0 spiro atoms. The zero-order valence-electron chi connectivity index (χ0n) is 20.1. The molecule has 1 aliphatic rings. The van der Waals surface area contributed by atoms with Crippen LogP contribution in [0.25, 0.3) is 22.4 Å². The Kier molecular flexibility index (Phi) is 7.92. The van der Waals surface area contributed by atoms with Crippen LogP contribution >= 0.6 is 11.6 Å². The third-order valence-electron chi connectivity index (χ3n) is 6.07. The Hall–Kier alpha value is -2.70. The summed E-state index contributed by atoms with van der Waals surface area (Å²) in [5, 5.41) is 3.40. The van der Waals surface area contributed by atoms with Gasteiger partial charge in [0.05, 0.1) is 6.33 Å². The molecule has 172 valence electrons. The second-order valence-corrected chi connectivity index (χ2v) is 8.91. The molecule has 1 fully saturated rings. The van der Waals surface area contributed by atoms with Gasteiger partial charge in [0, 0.05) is 23.2 Å². The fraction of sp³-hybridized carbons (Fsp3) is 0.179. The third-order valence-corrected chi connectivity index (χ3v) is 6.41. The average molecular weight is 494 g/mol. The summed E-state index contributed by atoms with van der Waals surface area (Å²) in [5.74, 6) is 2.10. The molecule has 5 nitrogen and oxygen atoms in total. The molecule has 1 aromatic heterocycles. The summed E-state index contributed by atoms with van der Waals surface area (Å²) in [6.07, 6.45) is 3.06. The summed E-state index contributed by atoms with van der Waals surface area (Å²) in [7, 11) is 1.83. The van der Waals surface area contributed by atoms with Gasteiger partial charge < -0.3 is 9.30 Å². The molecule has 7 heteroatoms. The Morgan fingerprint density at radius 1 is 1.00 bits per heavy atom. The maximum Gasteiger partial charge on any atom is 1.00 e. The van der Waals surface area contributed by atoms with Crippen molar-refractivity contribution >= 4 is 23.5 Å². The van der Waals surface area contributed by atoms with E-state index in [1.807, 2.05) is 37.4 Å². The Morgan fingerprint density at radius 3 is 2.23 bits per heavy atom. The van der Waals surface area contributed by atoms with Gasteiger partial charge in [-0.3, -0.25) is 5.32 Å². The van der Waals surface area contributed by atoms with Gasteiger partial charge in [0.1, 0.15) is 17.6 Å². The van der Waals surface area contributed by atoms with Crippen molar-refractivity contribution in [2.75, 3.05) is 5.32 Å². The first-order valence-electron chi connectivity index (χ1n) is 11.3. The van der Waals surface area contributed by atoms with Gasteiger partial charge in [-0.05, 0) is 24.1 Å². The Labute approximate surface area is 232 Å². The summed E-state index contributed by atoms with van der Waals surface area (Å²) in [6.45, 7) is 1.79. The number of anilines is 1. The van der Waals surface area contributed by atoms with Gasteiger partial charge >= 0.3 is 35.7 Å². The number of nitrogens with zero attached hydrogens (tertiary/aromatic N) is 2. The van der Waals surface area contributed by atoms with Crippen LogP contribution in [-0.2, 0) is 11.8 Å². The first-order valence-corrected chi connectivity index (χ1v) is 11.7. The number of aryl methyl sites for hydroxylation is 1. The van der Waals surface area contributed by atoms with Crippen LogP contribution in [-0.4, -0.2) is 15.6 Å². The predicted octanol–water partition coefficient (Wildman–Crippen LogP) is 4.44. The molecule has 5 rings (SSSR count). The van der Waals surface area contributed by atoms with Crippen LogP contribution in [0.15, 0.2) is 79.1 Å². The molecule has 0 aliphatic heterocycles. The smallest absolute Gasteiger partial charge is 0.441 e. The number of hydrogen-bond acceptors (Lipinski definition) is 3. The van der Waals surface area contributed by atoms with Crippen molar-refractivity contribution in [2.24, 2.45) is 7.05 Å². The molecule has 35 heavy (non-hydrogen) atoms. The van der Waals surface area contributed by atoms with Crippen LogP contribution in [0.1, 0.15) is 37.0 Å². The number of carbonyl (C=O) groups excluding carboxylic acids is 1. The molecule has 0 unspecified atom stereocenters. The molecule has 1 atom stereocenters. The summed E-state index contributed by atoms with van der Waals surface area (Å²) < 4.78 is 7.33. The minimum Gasteiger partial charge on any atom is -0.441 e. The van der Waals surface area contributed by atoms with Gasteiger partial charge in [-0.1, -0.05) is 66.9 Å². The van der Waals surface area contributed by atoms with Crippen LogP contribution < -0.4 is 34.9 Å². The average Bonchev–Trinajstić information content (AvgIpc) is 3.64. The first kappa shape index (κ1) is 25.4. The minimum absolute atomic E-state index is 0. The van der Waals surface area contributed by atoms with E-state index >= 15 is 0 Å². The molecule has 1 aliphatic carbocycles. The van der Waals surface area contributed by atoms with Crippen LogP contribution in [0.5, 0.6) is 0 Å². The van der Waals surface area contributed by atoms with E-state index in [2.05, 4.69) is 46.7 Å². The number of nitrogens with one attached hydrogen (secondary N) is 1. The topological polar surface area (TPSA) is 56.1 Å². The van der Waals surface area contributed by atoms with Crippen molar-refractivity contribution in [3.8, 4) is 22.4 Å². The molecule has 0 radical (unpaired) electrons. The van der Waals surface area contributed by atoms with Crippen molar-refractivity contribution < 1.29 is 39.1 Å². The van der Waals surface area contributed by atoms with Crippen LogP contribution in [0.4, 0.5) is 10.6 Å². The zero-order valence-corrected chi connectivity index (χ0v) is 22.8. The van der Waals surface area contributed by atoms with E-state index in [4.69, 9.17) is 16.3 Å².